The van der Waals surface area contributed by atoms with E-state index in [0.29, 0.717) is 19.8 Å². The van der Waals surface area contributed by atoms with E-state index >= 15 is 0 Å². The Morgan fingerprint density at radius 1 is 0.571 bits per heavy atom. The number of aliphatic hydroxyl groups is 2. The molecule has 4 heteroatoms. The van der Waals surface area contributed by atoms with Gasteiger partial charge in [-0.2, -0.15) is 0 Å². The molecular weight excluding hydrogens is 184 g/mol. The predicted octanol–water partition coefficient (Wildman–Crippen LogP) is 0.565. The van der Waals surface area contributed by atoms with E-state index in [-0.39, 0.29) is 13.2 Å². The van der Waals surface area contributed by atoms with Crippen LogP contribution < -0.4 is 0 Å². The van der Waals surface area contributed by atoms with Gasteiger partial charge in [-0.25, -0.2) is 0 Å². The first-order valence-electron chi connectivity index (χ1n) is 5.29. The third kappa shape index (κ3) is 11.8. The molecule has 0 bridgehead atoms. The monoisotopic (exact) mass is 206 g/mol. The number of rotatable bonds is 11. The maximum Gasteiger partial charge on any atom is 0.0701 e. The molecule has 14 heavy (non-hydrogen) atoms. The van der Waals surface area contributed by atoms with Gasteiger partial charge in [0, 0.05) is 13.2 Å². The Bertz CT molecular complexity index is 86.1. The fourth-order valence-electron chi connectivity index (χ4n) is 1.06. The van der Waals surface area contributed by atoms with Crippen molar-refractivity contribution in [2.24, 2.45) is 0 Å². The Labute approximate surface area is 85.8 Å². The van der Waals surface area contributed by atoms with Crippen LogP contribution >= 0.6 is 0 Å². The molecule has 0 radical (unpaired) electrons. The molecule has 2 N–H and O–H groups in total. The minimum atomic E-state index is 0.0706. The van der Waals surface area contributed by atoms with Gasteiger partial charge in [-0.3, -0.25) is 0 Å². The molecule has 86 valence electrons. The maximum absolute atomic E-state index is 8.52. The lowest BCUT2D eigenvalue weighted by atomic mass is 10.2. The van der Waals surface area contributed by atoms with E-state index in [1.807, 2.05) is 0 Å². The quantitative estimate of drug-likeness (QED) is 0.485. The molecule has 0 fully saturated rings. The summed E-state index contributed by atoms with van der Waals surface area (Å²) in [6.45, 7) is 2.65. The van der Waals surface area contributed by atoms with E-state index in [1.165, 1.54) is 0 Å². The van der Waals surface area contributed by atoms with E-state index in [1.54, 1.807) is 0 Å². The summed E-state index contributed by atoms with van der Waals surface area (Å²) in [5, 5.41) is 16.9. The molecule has 0 spiro atoms. The number of aliphatic hydroxyl groups excluding tert-OH is 2. The third-order valence-corrected chi connectivity index (χ3v) is 1.80. The van der Waals surface area contributed by atoms with Crippen LogP contribution in [0.25, 0.3) is 0 Å². The Kier molecular flexibility index (Phi) is 12.7. The highest BCUT2D eigenvalue weighted by molar-refractivity contribution is 4.41. The largest absolute Gasteiger partial charge is 0.396 e. The number of unbranched alkanes of at least 4 members (excludes halogenated alkanes) is 3. The summed E-state index contributed by atoms with van der Waals surface area (Å²) < 4.78 is 10.3. The van der Waals surface area contributed by atoms with E-state index in [4.69, 9.17) is 19.7 Å². The molecular formula is C10H22O4. The van der Waals surface area contributed by atoms with Crippen molar-refractivity contribution in [1.82, 2.24) is 0 Å². The van der Waals surface area contributed by atoms with Crippen LogP contribution in [0.3, 0.4) is 0 Å². The fraction of sp³-hybridized carbons (Fsp3) is 1.00. The Morgan fingerprint density at radius 2 is 1.21 bits per heavy atom. The van der Waals surface area contributed by atoms with Crippen molar-refractivity contribution in [1.29, 1.82) is 0 Å². The number of ether oxygens (including phenoxy) is 2. The maximum atomic E-state index is 8.52. The minimum Gasteiger partial charge on any atom is -0.396 e. The van der Waals surface area contributed by atoms with Crippen LogP contribution in [0, 0.1) is 0 Å². The van der Waals surface area contributed by atoms with Gasteiger partial charge in [0.15, 0.2) is 0 Å². The zero-order chi connectivity index (χ0) is 10.5. The van der Waals surface area contributed by atoms with Crippen molar-refractivity contribution in [3.05, 3.63) is 0 Å². The van der Waals surface area contributed by atoms with Gasteiger partial charge in [0.25, 0.3) is 0 Å². The van der Waals surface area contributed by atoms with Crippen molar-refractivity contribution in [3.63, 3.8) is 0 Å². The molecule has 0 heterocycles. The van der Waals surface area contributed by atoms with E-state index in [9.17, 15) is 0 Å². The van der Waals surface area contributed by atoms with Gasteiger partial charge in [0.1, 0.15) is 0 Å². The van der Waals surface area contributed by atoms with Crippen LogP contribution in [-0.4, -0.2) is 49.9 Å². The number of hydrogen-bond donors (Lipinski definition) is 2. The topological polar surface area (TPSA) is 58.9 Å². The molecule has 0 saturated heterocycles. The summed E-state index contributed by atoms with van der Waals surface area (Å²) in [5.74, 6) is 0. The predicted molar refractivity (Wildman–Crippen MR) is 54.3 cm³/mol. The molecule has 0 aliphatic carbocycles. The van der Waals surface area contributed by atoms with Gasteiger partial charge in [0.2, 0.25) is 0 Å². The van der Waals surface area contributed by atoms with Crippen LogP contribution in [0.5, 0.6) is 0 Å². The summed E-state index contributed by atoms with van der Waals surface area (Å²) in [7, 11) is 0. The molecule has 4 nitrogen and oxygen atoms in total. The van der Waals surface area contributed by atoms with Gasteiger partial charge < -0.3 is 19.7 Å². The molecule has 0 aromatic carbocycles. The highest BCUT2D eigenvalue weighted by Gasteiger charge is 1.91. The second-order valence-corrected chi connectivity index (χ2v) is 3.09. The number of hydrogen-bond acceptors (Lipinski definition) is 4. The SMILES string of the molecule is OCCCCCCOCCOCCO. The third-order valence-electron chi connectivity index (χ3n) is 1.80. The molecule has 0 amide bonds. The molecule has 0 aliphatic heterocycles. The first-order valence-corrected chi connectivity index (χ1v) is 5.29. The normalized spacial score (nSPS) is 10.7. The lowest BCUT2D eigenvalue weighted by Gasteiger charge is -2.04. The summed E-state index contributed by atoms with van der Waals surface area (Å²) in [5.41, 5.74) is 0. The Balaban J connectivity index is 2.78. The van der Waals surface area contributed by atoms with Gasteiger partial charge in [-0.1, -0.05) is 12.8 Å². The summed E-state index contributed by atoms with van der Waals surface area (Å²) in [4.78, 5) is 0. The fourth-order valence-corrected chi connectivity index (χ4v) is 1.06. The molecule has 0 aromatic rings. The standard InChI is InChI=1S/C10H22O4/c11-5-3-1-2-4-7-13-9-10-14-8-6-12/h11-12H,1-10H2. The first kappa shape index (κ1) is 13.8. The summed E-state index contributed by atoms with van der Waals surface area (Å²) in [6, 6.07) is 0. The molecule has 0 rings (SSSR count). The lowest BCUT2D eigenvalue weighted by Crippen LogP contribution is -2.07. The van der Waals surface area contributed by atoms with Crippen molar-refractivity contribution >= 4 is 0 Å². The van der Waals surface area contributed by atoms with Crippen LogP contribution in [0.15, 0.2) is 0 Å². The summed E-state index contributed by atoms with van der Waals surface area (Å²) >= 11 is 0. The zero-order valence-corrected chi connectivity index (χ0v) is 8.78. The smallest absolute Gasteiger partial charge is 0.0701 e. The minimum absolute atomic E-state index is 0.0706. The molecule has 0 aliphatic rings. The highest BCUT2D eigenvalue weighted by Crippen LogP contribution is 1.98. The lowest BCUT2D eigenvalue weighted by molar-refractivity contribution is 0.0320. The van der Waals surface area contributed by atoms with Crippen LogP contribution in [0.4, 0.5) is 0 Å². The second-order valence-electron chi connectivity index (χ2n) is 3.09. The average Bonchev–Trinajstić information content (AvgIpc) is 2.21. The van der Waals surface area contributed by atoms with Crippen molar-refractivity contribution in [2.75, 3.05) is 39.6 Å². The van der Waals surface area contributed by atoms with Gasteiger partial charge in [-0.05, 0) is 12.8 Å². The van der Waals surface area contributed by atoms with E-state index in [2.05, 4.69) is 0 Å². The highest BCUT2D eigenvalue weighted by atomic mass is 16.5. The van der Waals surface area contributed by atoms with E-state index < -0.39 is 0 Å². The Morgan fingerprint density at radius 3 is 1.86 bits per heavy atom. The molecule has 0 aromatic heterocycles. The van der Waals surface area contributed by atoms with Crippen molar-refractivity contribution in [2.45, 2.75) is 25.7 Å². The van der Waals surface area contributed by atoms with Crippen LogP contribution in [0.2, 0.25) is 0 Å². The molecule has 0 saturated carbocycles. The zero-order valence-electron chi connectivity index (χ0n) is 8.78. The second kappa shape index (κ2) is 12.8. The van der Waals surface area contributed by atoms with Crippen molar-refractivity contribution in [3.8, 4) is 0 Å². The molecule has 0 unspecified atom stereocenters. The first-order chi connectivity index (χ1) is 6.91. The van der Waals surface area contributed by atoms with Gasteiger partial charge >= 0.3 is 0 Å². The Hall–Kier alpha value is -0.160. The van der Waals surface area contributed by atoms with Gasteiger partial charge in [0.05, 0.1) is 26.4 Å². The van der Waals surface area contributed by atoms with E-state index in [0.717, 1.165) is 32.3 Å². The van der Waals surface area contributed by atoms with Crippen LogP contribution in [-0.2, 0) is 9.47 Å². The summed E-state index contributed by atoms with van der Waals surface area (Å²) in [6.07, 6.45) is 4.11. The van der Waals surface area contributed by atoms with Crippen LogP contribution in [0.1, 0.15) is 25.7 Å². The van der Waals surface area contributed by atoms with Gasteiger partial charge in [-0.15, -0.1) is 0 Å². The average molecular weight is 206 g/mol. The molecule has 0 atom stereocenters. The van der Waals surface area contributed by atoms with Crippen molar-refractivity contribution < 1.29 is 19.7 Å².